The van der Waals surface area contributed by atoms with Crippen LogP contribution in [0.1, 0.15) is 30.4 Å². The van der Waals surface area contributed by atoms with Crippen molar-refractivity contribution < 1.29 is 18.9 Å². The molecule has 0 saturated heterocycles. The smallest absolute Gasteiger partial charge is 0.203 e. The van der Waals surface area contributed by atoms with Crippen LogP contribution in [0.2, 0.25) is 0 Å². The molecule has 3 aromatic rings. The maximum absolute atomic E-state index is 5.60. The van der Waals surface area contributed by atoms with Gasteiger partial charge in [0, 0.05) is 17.1 Å². The van der Waals surface area contributed by atoms with Gasteiger partial charge in [0.25, 0.3) is 0 Å². The highest BCUT2D eigenvalue weighted by molar-refractivity contribution is 5.98. The molecule has 0 spiro atoms. The molecule has 29 heavy (non-hydrogen) atoms. The molecule has 0 aliphatic heterocycles. The van der Waals surface area contributed by atoms with Crippen LogP contribution in [-0.4, -0.2) is 33.4 Å². The van der Waals surface area contributed by atoms with Crippen molar-refractivity contribution in [3.8, 4) is 23.0 Å². The summed E-state index contributed by atoms with van der Waals surface area (Å²) in [6.45, 7) is 0. The summed E-state index contributed by atoms with van der Waals surface area (Å²) in [5, 5.41) is 1.05. The molecule has 5 nitrogen and oxygen atoms in total. The van der Waals surface area contributed by atoms with E-state index >= 15 is 0 Å². The maximum Gasteiger partial charge on any atom is 0.203 e. The van der Waals surface area contributed by atoms with E-state index in [0.29, 0.717) is 17.2 Å². The van der Waals surface area contributed by atoms with Crippen molar-refractivity contribution in [3.05, 3.63) is 59.3 Å². The normalized spacial score (nSPS) is 13.0. The van der Waals surface area contributed by atoms with Gasteiger partial charge in [-0.3, -0.25) is 4.98 Å². The lowest BCUT2D eigenvalue weighted by atomic mass is 9.81. The summed E-state index contributed by atoms with van der Waals surface area (Å²) in [5.74, 6) is 2.68. The topological polar surface area (TPSA) is 49.8 Å². The van der Waals surface area contributed by atoms with Gasteiger partial charge in [0.2, 0.25) is 5.75 Å². The second kappa shape index (κ2) is 8.03. The predicted molar refractivity (Wildman–Crippen MR) is 114 cm³/mol. The maximum atomic E-state index is 5.60. The molecule has 2 aromatic carbocycles. The van der Waals surface area contributed by atoms with E-state index in [4.69, 9.17) is 18.9 Å². The first kappa shape index (κ1) is 19.1. The number of ether oxygens (including phenoxy) is 4. The van der Waals surface area contributed by atoms with Gasteiger partial charge >= 0.3 is 0 Å². The molecule has 0 N–H and O–H groups in total. The van der Waals surface area contributed by atoms with Crippen molar-refractivity contribution in [2.24, 2.45) is 0 Å². The Morgan fingerprint density at radius 3 is 2.14 bits per heavy atom. The summed E-state index contributed by atoms with van der Waals surface area (Å²) in [6.07, 6.45) is 5.16. The first-order chi connectivity index (χ1) is 14.2. The van der Waals surface area contributed by atoms with Crippen LogP contribution in [0, 0.1) is 0 Å². The molecule has 1 fully saturated rings. The van der Waals surface area contributed by atoms with Gasteiger partial charge < -0.3 is 18.9 Å². The number of pyridine rings is 1. The quantitative estimate of drug-likeness (QED) is 0.574. The highest BCUT2D eigenvalue weighted by Crippen LogP contribution is 2.46. The molecule has 1 aliphatic rings. The molecule has 4 rings (SSSR count). The highest BCUT2D eigenvalue weighted by atomic mass is 16.5. The van der Waals surface area contributed by atoms with Crippen LogP contribution in [-0.2, 0) is 0 Å². The van der Waals surface area contributed by atoms with E-state index in [2.05, 4.69) is 17.1 Å². The van der Waals surface area contributed by atoms with Crippen LogP contribution in [0.15, 0.2) is 48.2 Å². The Labute approximate surface area is 170 Å². The number of hydrogen-bond donors (Lipinski definition) is 0. The molecule has 0 bridgehead atoms. The molecular weight excluding hydrogens is 366 g/mol. The Morgan fingerprint density at radius 2 is 1.59 bits per heavy atom. The van der Waals surface area contributed by atoms with E-state index in [1.165, 1.54) is 12.0 Å². The third-order valence-corrected chi connectivity index (χ3v) is 5.45. The summed E-state index contributed by atoms with van der Waals surface area (Å²) in [6, 6.07) is 12.1. The van der Waals surface area contributed by atoms with Crippen molar-refractivity contribution in [2.75, 3.05) is 28.4 Å². The van der Waals surface area contributed by atoms with E-state index in [-0.39, 0.29) is 0 Å². The molecule has 0 unspecified atom stereocenters. The van der Waals surface area contributed by atoms with E-state index < -0.39 is 0 Å². The van der Waals surface area contributed by atoms with Gasteiger partial charge in [-0.05, 0) is 60.7 Å². The molecule has 5 heteroatoms. The van der Waals surface area contributed by atoms with Crippen molar-refractivity contribution in [1.29, 1.82) is 0 Å². The third kappa shape index (κ3) is 3.37. The summed E-state index contributed by atoms with van der Waals surface area (Å²) in [5.41, 5.74) is 5.60. The minimum atomic E-state index is 0.588. The lowest BCUT2D eigenvalue weighted by molar-refractivity contribution is 0.324. The predicted octanol–water partition coefficient (Wildman–Crippen LogP) is 5.26. The fourth-order valence-electron chi connectivity index (χ4n) is 3.85. The average Bonchev–Trinajstić information content (AvgIpc) is 2.74. The lowest BCUT2D eigenvalue weighted by Gasteiger charge is -2.25. The van der Waals surface area contributed by atoms with Gasteiger partial charge in [0.1, 0.15) is 5.75 Å². The first-order valence-electron chi connectivity index (χ1n) is 9.65. The monoisotopic (exact) mass is 391 g/mol. The van der Waals surface area contributed by atoms with Gasteiger partial charge in [0.05, 0.1) is 34.0 Å². The number of hydrogen-bond acceptors (Lipinski definition) is 5. The minimum Gasteiger partial charge on any atom is -0.497 e. The van der Waals surface area contributed by atoms with Gasteiger partial charge in [-0.15, -0.1) is 0 Å². The zero-order valence-corrected chi connectivity index (χ0v) is 17.2. The second-order valence-electron chi connectivity index (χ2n) is 7.00. The molecular formula is C24H25NO4. The number of rotatable bonds is 6. The zero-order chi connectivity index (χ0) is 20.4. The summed E-state index contributed by atoms with van der Waals surface area (Å²) in [4.78, 5) is 4.69. The SMILES string of the molecule is COc1cc(C(=C2CCC2)c2cc(OC)c(OC)c(OC)c2)c2ncccc2c1. The third-order valence-electron chi connectivity index (χ3n) is 5.45. The van der Waals surface area contributed by atoms with Crippen molar-refractivity contribution in [1.82, 2.24) is 4.98 Å². The van der Waals surface area contributed by atoms with Gasteiger partial charge in [0.15, 0.2) is 11.5 Å². The summed E-state index contributed by atoms with van der Waals surface area (Å²) in [7, 11) is 6.58. The fourth-order valence-corrected chi connectivity index (χ4v) is 3.85. The van der Waals surface area contributed by atoms with Gasteiger partial charge in [-0.1, -0.05) is 11.6 Å². The van der Waals surface area contributed by atoms with Crippen LogP contribution in [0.4, 0.5) is 0 Å². The summed E-state index contributed by atoms with van der Waals surface area (Å²) < 4.78 is 22.3. The lowest BCUT2D eigenvalue weighted by Crippen LogP contribution is -2.05. The Kier molecular flexibility index (Phi) is 5.30. The fraction of sp³-hybridized carbons (Fsp3) is 0.292. The largest absolute Gasteiger partial charge is 0.497 e. The van der Waals surface area contributed by atoms with E-state index in [9.17, 15) is 0 Å². The van der Waals surface area contributed by atoms with Crippen LogP contribution in [0.3, 0.4) is 0 Å². The molecule has 0 atom stereocenters. The standard InChI is InChI=1S/C24H25NO4/c1-26-18-11-16-9-6-10-25-23(16)19(14-18)22(15-7-5-8-15)17-12-20(27-2)24(29-4)21(13-17)28-3/h6,9-14H,5,7-8H2,1-4H3. The molecule has 0 radical (unpaired) electrons. The van der Waals surface area contributed by atoms with Crippen molar-refractivity contribution >= 4 is 16.5 Å². The van der Waals surface area contributed by atoms with E-state index in [0.717, 1.165) is 46.2 Å². The molecule has 0 amide bonds. The van der Waals surface area contributed by atoms with Crippen LogP contribution in [0.5, 0.6) is 23.0 Å². The number of benzene rings is 2. The Morgan fingerprint density at radius 1 is 0.862 bits per heavy atom. The van der Waals surface area contributed by atoms with Crippen LogP contribution in [0.25, 0.3) is 16.5 Å². The first-order valence-corrected chi connectivity index (χ1v) is 9.65. The second-order valence-corrected chi connectivity index (χ2v) is 7.00. The number of methoxy groups -OCH3 is 4. The molecule has 1 saturated carbocycles. The number of fused-ring (bicyclic) bond motifs is 1. The minimum absolute atomic E-state index is 0.588. The Bertz CT molecular complexity index is 1060. The highest BCUT2D eigenvalue weighted by Gasteiger charge is 2.23. The zero-order valence-electron chi connectivity index (χ0n) is 17.2. The molecule has 1 aromatic heterocycles. The molecule has 150 valence electrons. The van der Waals surface area contributed by atoms with Crippen molar-refractivity contribution in [3.63, 3.8) is 0 Å². The van der Waals surface area contributed by atoms with Crippen LogP contribution < -0.4 is 18.9 Å². The number of aromatic nitrogens is 1. The molecule has 1 aliphatic carbocycles. The van der Waals surface area contributed by atoms with Crippen LogP contribution >= 0.6 is 0 Å². The Balaban J connectivity index is 2.01. The summed E-state index contributed by atoms with van der Waals surface area (Å²) >= 11 is 0. The molecule has 1 heterocycles. The van der Waals surface area contributed by atoms with Gasteiger partial charge in [-0.25, -0.2) is 0 Å². The van der Waals surface area contributed by atoms with Gasteiger partial charge in [-0.2, -0.15) is 0 Å². The van der Waals surface area contributed by atoms with E-state index in [1.807, 2.05) is 30.5 Å². The van der Waals surface area contributed by atoms with Crippen molar-refractivity contribution in [2.45, 2.75) is 19.3 Å². The number of nitrogens with zero attached hydrogens (tertiary/aromatic N) is 1. The Hall–Kier alpha value is -3.21. The number of allylic oxidation sites excluding steroid dienone is 1. The van der Waals surface area contributed by atoms with E-state index in [1.54, 1.807) is 28.4 Å². The average molecular weight is 391 g/mol.